The molecular weight excluding hydrogens is 412 g/mol. The summed E-state index contributed by atoms with van der Waals surface area (Å²) in [6, 6.07) is 12.9. The maximum absolute atomic E-state index is 4.47. The molecule has 21 heavy (non-hydrogen) atoms. The lowest BCUT2D eigenvalue weighted by molar-refractivity contribution is 0.566. The summed E-state index contributed by atoms with van der Waals surface area (Å²) in [6.07, 6.45) is 2.80. The van der Waals surface area contributed by atoms with Gasteiger partial charge in [-0.15, -0.1) is 11.8 Å². The Morgan fingerprint density at radius 1 is 1.19 bits per heavy atom. The van der Waals surface area contributed by atoms with Crippen LogP contribution in [0.2, 0.25) is 0 Å². The molecule has 0 saturated heterocycles. The SMILES string of the molecule is CCNC(CSc1ccccc1Br)Cc1ccc(Br)cn1. The van der Waals surface area contributed by atoms with E-state index in [1.165, 1.54) is 4.90 Å². The van der Waals surface area contributed by atoms with Gasteiger partial charge < -0.3 is 5.32 Å². The van der Waals surface area contributed by atoms with E-state index in [0.29, 0.717) is 6.04 Å². The lowest BCUT2D eigenvalue weighted by Crippen LogP contribution is -2.33. The third-order valence-corrected chi connectivity index (χ3v) is 5.67. The Morgan fingerprint density at radius 2 is 2.00 bits per heavy atom. The van der Waals surface area contributed by atoms with Crippen LogP contribution in [0.4, 0.5) is 0 Å². The average molecular weight is 430 g/mol. The Hall–Kier alpha value is -0.360. The highest BCUT2D eigenvalue weighted by atomic mass is 79.9. The van der Waals surface area contributed by atoms with E-state index in [9.17, 15) is 0 Å². The van der Waals surface area contributed by atoms with Crippen LogP contribution in [0.25, 0.3) is 0 Å². The molecule has 0 fully saturated rings. The van der Waals surface area contributed by atoms with Gasteiger partial charge in [0.2, 0.25) is 0 Å². The van der Waals surface area contributed by atoms with E-state index < -0.39 is 0 Å². The molecule has 0 amide bonds. The fourth-order valence-electron chi connectivity index (χ4n) is 2.01. The minimum absolute atomic E-state index is 0.417. The lowest BCUT2D eigenvalue weighted by Gasteiger charge is -2.17. The molecule has 0 saturated carbocycles. The Bertz CT molecular complexity index is 560. The number of nitrogens with one attached hydrogen (secondary N) is 1. The van der Waals surface area contributed by atoms with E-state index in [1.807, 2.05) is 30.1 Å². The molecule has 1 N–H and O–H groups in total. The molecule has 1 aromatic carbocycles. The van der Waals surface area contributed by atoms with Crippen molar-refractivity contribution in [1.29, 1.82) is 0 Å². The molecule has 1 aromatic heterocycles. The van der Waals surface area contributed by atoms with Gasteiger partial charge in [-0.25, -0.2) is 0 Å². The van der Waals surface area contributed by atoms with Crippen molar-refractivity contribution in [2.75, 3.05) is 12.3 Å². The summed E-state index contributed by atoms with van der Waals surface area (Å²) in [5.74, 6) is 1.02. The number of nitrogens with zero attached hydrogens (tertiary/aromatic N) is 1. The zero-order chi connectivity index (χ0) is 15.1. The topological polar surface area (TPSA) is 24.9 Å². The van der Waals surface area contributed by atoms with Gasteiger partial charge in [0.1, 0.15) is 0 Å². The van der Waals surface area contributed by atoms with Crippen molar-refractivity contribution in [1.82, 2.24) is 10.3 Å². The molecule has 2 nitrogen and oxygen atoms in total. The van der Waals surface area contributed by atoms with Crippen molar-refractivity contribution in [2.24, 2.45) is 0 Å². The Morgan fingerprint density at radius 3 is 2.67 bits per heavy atom. The van der Waals surface area contributed by atoms with Crippen molar-refractivity contribution in [3.05, 3.63) is 57.2 Å². The summed E-state index contributed by atoms with van der Waals surface area (Å²) in [4.78, 5) is 5.75. The zero-order valence-electron chi connectivity index (χ0n) is 11.9. The van der Waals surface area contributed by atoms with Gasteiger partial charge in [0.25, 0.3) is 0 Å². The molecule has 0 aliphatic rings. The van der Waals surface area contributed by atoms with Crippen LogP contribution >= 0.6 is 43.6 Å². The van der Waals surface area contributed by atoms with Crippen molar-refractivity contribution >= 4 is 43.6 Å². The third-order valence-electron chi connectivity index (χ3n) is 3.01. The van der Waals surface area contributed by atoms with Gasteiger partial charge in [0.05, 0.1) is 0 Å². The van der Waals surface area contributed by atoms with Crippen LogP contribution in [0.5, 0.6) is 0 Å². The number of rotatable bonds is 7. The summed E-state index contributed by atoms with van der Waals surface area (Å²) in [7, 11) is 0. The predicted molar refractivity (Wildman–Crippen MR) is 98.0 cm³/mol. The molecule has 112 valence electrons. The summed E-state index contributed by atoms with van der Waals surface area (Å²) >= 11 is 8.90. The van der Waals surface area contributed by atoms with Gasteiger partial charge in [0.15, 0.2) is 0 Å². The van der Waals surface area contributed by atoms with Crippen molar-refractivity contribution in [3.8, 4) is 0 Å². The van der Waals surface area contributed by atoms with E-state index in [4.69, 9.17) is 0 Å². The first-order valence-electron chi connectivity index (χ1n) is 6.90. The van der Waals surface area contributed by atoms with Gasteiger partial charge in [-0.05, 0) is 62.7 Å². The van der Waals surface area contributed by atoms with Gasteiger partial charge in [-0.3, -0.25) is 4.98 Å². The average Bonchev–Trinajstić information content (AvgIpc) is 2.49. The van der Waals surface area contributed by atoms with Crippen LogP contribution in [-0.2, 0) is 6.42 Å². The van der Waals surface area contributed by atoms with Gasteiger partial charge in [-0.1, -0.05) is 19.1 Å². The maximum atomic E-state index is 4.47. The fraction of sp³-hybridized carbons (Fsp3) is 0.312. The monoisotopic (exact) mass is 428 g/mol. The molecular formula is C16H18Br2N2S. The smallest absolute Gasteiger partial charge is 0.0420 e. The Balaban J connectivity index is 1.95. The minimum atomic E-state index is 0.417. The maximum Gasteiger partial charge on any atom is 0.0420 e. The van der Waals surface area contributed by atoms with Crippen molar-refractivity contribution < 1.29 is 0 Å². The number of hydrogen-bond donors (Lipinski definition) is 1. The first kappa shape index (κ1) is 17.0. The standard InChI is InChI=1S/C16H18Br2N2S/c1-2-19-14(9-13-8-7-12(17)10-20-13)11-21-16-6-4-3-5-15(16)18/h3-8,10,14,19H,2,9,11H2,1H3. The normalized spacial score (nSPS) is 12.3. The highest BCUT2D eigenvalue weighted by Gasteiger charge is 2.11. The van der Waals surface area contributed by atoms with E-state index in [2.05, 4.69) is 73.3 Å². The number of pyridine rings is 1. The first-order valence-corrected chi connectivity index (χ1v) is 9.47. The van der Waals surface area contributed by atoms with Crippen LogP contribution in [0, 0.1) is 0 Å². The molecule has 0 bridgehead atoms. The van der Waals surface area contributed by atoms with Crippen LogP contribution in [0.1, 0.15) is 12.6 Å². The zero-order valence-corrected chi connectivity index (χ0v) is 15.8. The number of aromatic nitrogens is 1. The number of benzene rings is 1. The quantitative estimate of drug-likeness (QED) is 0.632. The highest BCUT2D eigenvalue weighted by molar-refractivity contribution is 9.10. The molecule has 0 spiro atoms. The molecule has 1 heterocycles. The first-order chi connectivity index (χ1) is 10.2. The van der Waals surface area contributed by atoms with E-state index >= 15 is 0 Å². The predicted octanol–water partition coefficient (Wildman–Crippen LogP) is 4.92. The highest BCUT2D eigenvalue weighted by Crippen LogP contribution is 2.27. The van der Waals surface area contributed by atoms with Gasteiger partial charge in [-0.2, -0.15) is 0 Å². The number of hydrogen-bond acceptors (Lipinski definition) is 3. The third kappa shape index (κ3) is 5.74. The van der Waals surface area contributed by atoms with Gasteiger partial charge >= 0.3 is 0 Å². The van der Waals surface area contributed by atoms with Crippen LogP contribution in [-0.4, -0.2) is 23.3 Å². The summed E-state index contributed by atoms with van der Waals surface area (Å²) in [6.45, 7) is 3.11. The molecule has 1 unspecified atom stereocenters. The van der Waals surface area contributed by atoms with Crippen molar-refractivity contribution in [3.63, 3.8) is 0 Å². The molecule has 2 aromatic rings. The number of likely N-dealkylation sites (N-methyl/N-ethyl adjacent to an activating group) is 1. The summed E-state index contributed by atoms with van der Waals surface area (Å²) in [5.41, 5.74) is 1.12. The van der Waals surface area contributed by atoms with E-state index in [1.54, 1.807) is 0 Å². The molecule has 5 heteroatoms. The van der Waals surface area contributed by atoms with Crippen LogP contribution < -0.4 is 5.32 Å². The second-order valence-corrected chi connectivity index (χ2v) is 7.50. The van der Waals surface area contributed by atoms with Crippen molar-refractivity contribution in [2.45, 2.75) is 24.3 Å². The second-order valence-electron chi connectivity index (χ2n) is 4.67. The Labute approximate surface area is 147 Å². The molecule has 1 atom stereocenters. The molecule has 0 radical (unpaired) electrons. The fourth-order valence-corrected chi connectivity index (χ4v) is 3.87. The summed E-state index contributed by atoms with van der Waals surface area (Å²) in [5, 5.41) is 3.55. The number of thioether (sulfide) groups is 1. The summed E-state index contributed by atoms with van der Waals surface area (Å²) < 4.78 is 2.18. The van der Waals surface area contributed by atoms with E-state index in [-0.39, 0.29) is 0 Å². The minimum Gasteiger partial charge on any atom is -0.313 e. The lowest BCUT2D eigenvalue weighted by atomic mass is 10.1. The Kier molecular flexibility index (Phi) is 7.23. The largest absolute Gasteiger partial charge is 0.313 e. The number of halogens is 2. The second kappa shape index (κ2) is 8.93. The van der Waals surface area contributed by atoms with E-state index in [0.717, 1.165) is 33.4 Å². The van der Waals surface area contributed by atoms with Crippen LogP contribution in [0.15, 0.2) is 56.4 Å². The molecule has 2 rings (SSSR count). The molecule has 0 aliphatic carbocycles. The van der Waals surface area contributed by atoms with Crippen LogP contribution in [0.3, 0.4) is 0 Å². The molecule has 0 aliphatic heterocycles. The van der Waals surface area contributed by atoms with Gasteiger partial charge in [0, 0.05) is 43.9 Å².